The van der Waals surface area contributed by atoms with Crippen LogP contribution in [0, 0.1) is 0 Å². The predicted octanol–water partition coefficient (Wildman–Crippen LogP) is 0.585. The minimum atomic E-state index is 0.234. The molecule has 1 fully saturated rings. The van der Waals surface area contributed by atoms with Gasteiger partial charge < -0.3 is 15.3 Å². The number of piperazine rings is 1. The second kappa shape index (κ2) is 7.40. The fraction of sp³-hybridized carbons (Fsp3) is 0.714. The molecule has 112 valence electrons. The molecule has 2 N–H and O–H groups in total. The molecule has 6 heteroatoms. The van der Waals surface area contributed by atoms with E-state index in [-0.39, 0.29) is 6.61 Å². The molecule has 0 aliphatic carbocycles. The molecule has 0 unspecified atom stereocenters. The third-order valence-electron chi connectivity index (χ3n) is 3.55. The van der Waals surface area contributed by atoms with Crippen LogP contribution in [0.1, 0.15) is 19.7 Å². The molecule has 0 radical (unpaired) electrons. The lowest BCUT2D eigenvalue weighted by molar-refractivity contribution is 0.188. The highest BCUT2D eigenvalue weighted by atomic mass is 16.3. The van der Waals surface area contributed by atoms with Crippen LogP contribution in [0.2, 0.25) is 0 Å². The Morgan fingerprint density at radius 2 is 1.95 bits per heavy atom. The Bertz CT molecular complexity index is 418. The van der Waals surface area contributed by atoms with Crippen molar-refractivity contribution in [3.05, 3.63) is 11.9 Å². The third-order valence-corrected chi connectivity index (χ3v) is 3.55. The number of nitrogens with one attached hydrogen (secondary N) is 1. The van der Waals surface area contributed by atoms with Crippen molar-refractivity contribution in [1.82, 2.24) is 14.9 Å². The molecular formula is C14H25N5O. The number of rotatable bonds is 6. The van der Waals surface area contributed by atoms with Crippen molar-refractivity contribution in [1.29, 1.82) is 0 Å². The monoisotopic (exact) mass is 279 g/mol. The van der Waals surface area contributed by atoms with E-state index < -0.39 is 0 Å². The Kier molecular flexibility index (Phi) is 5.55. The third kappa shape index (κ3) is 3.80. The van der Waals surface area contributed by atoms with Crippen LogP contribution >= 0.6 is 0 Å². The van der Waals surface area contributed by atoms with Gasteiger partial charge in [0.25, 0.3) is 0 Å². The van der Waals surface area contributed by atoms with Gasteiger partial charge in [0, 0.05) is 51.8 Å². The van der Waals surface area contributed by atoms with Crippen LogP contribution in [0.25, 0.3) is 0 Å². The zero-order valence-electron chi connectivity index (χ0n) is 12.5. The molecule has 1 aliphatic heterocycles. The summed E-state index contributed by atoms with van der Waals surface area (Å²) >= 11 is 0. The zero-order valence-corrected chi connectivity index (χ0v) is 12.5. The first kappa shape index (κ1) is 15.0. The van der Waals surface area contributed by atoms with Gasteiger partial charge in [0.1, 0.15) is 17.5 Å². The molecular weight excluding hydrogens is 254 g/mol. The number of aryl methyl sites for hydroxylation is 1. The maximum Gasteiger partial charge on any atom is 0.134 e. The SMILES string of the molecule is CCNc1cc(N2CCN(CCO)CC2)nc(CC)n1. The Morgan fingerprint density at radius 1 is 1.20 bits per heavy atom. The van der Waals surface area contributed by atoms with Gasteiger partial charge in [-0.1, -0.05) is 6.92 Å². The van der Waals surface area contributed by atoms with E-state index in [2.05, 4.69) is 38.9 Å². The van der Waals surface area contributed by atoms with Gasteiger partial charge in [-0.15, -0.1) is 0 Å². The first-order valence-corrected chi connectivity index (χ1v) is 7.46. The lowest BCUT2D eigenvalue weighted by atomic mass is 10.3. The lowest BCUT2D eigenvalue weighted by Gasteiger charge is -2.35. The van der Waals surface area contributed by atoms with E-state index in [1.807, 2.05) is 6.07 Å². The van der Waals surface area contributed by atoms with Crippen LogP contribution in [0.3, 0.4) is 0 Å². The zero-order chi connectivity index (χ0) is 14.4. The van der Waals surface area contributed by atoms with Gasteiger partial charge in [0.05, 0.1) is 6.61 Å². The molecule has 0 bridgehead atoms. The molecule has 0 saturated carbocycles. The number of aliphatic hydroxyl groups excluding tert-OH is 1. The van der Waals surface area contributed by atoms with E-state index in [0.717, 1.165) is 63.1 Å². The first-order valence-electron chi connectivity index (χ1n) is 7.46. The predicted molar refractivity (Wildman–Crippen MR) is 81.3 cm³/mol. The summed E-state index contributed by atoms with van der Waals surface area (Å²) in [5.74, 6) is 2.81. The normalized spacial score (nSPS) is 16.4. The molecule has 0 amide bonds. The topological polar surface area (TPSA) is 64.5 Å². The van der Waals surface area contributed by atoms with Crippen molar-refractivity contribution in [3.8, 4) is 0 Å². The summed E-state index contributed by atoms with van der Waals surface area (Å²) in [4.78, 5) is 13.7. The summed E-state index contributed by atoms with van der Waals surface area (Å²) in [6.07, 6.45) is 0.844. The van der Waals surface area contributed by atoms with Crippen molar-refractivity contribution in [2.45, 2.75) is 20.3 Å². The summed E-state index contributed by atoms with van der Waals surface area (Å²) in [6, 6.07) is 2.03. The van der Waals surface area contributed by atoms with E-state index in [1.54, 1.807) is 0 Å². The highest BCUT2D eigenvalue weighted by Gasteiger charge is 2.18. The Hall–Kier alpha value is -1.40. The summed E-state index contributed by atoms with van der Waals surface area (Å²) in [7, 11) is 0. The van der Waals surface area contributed by atoms with Gasteiger partial charge in [-0.05, 0) is 6.92 Å². The van der Waals surface area contributed by atoms with Crippen LogP contribution in [0.15, 0.2) is 6.07 Å². The molecule has 1 aliphatic rings. The molecule has 2 heterocycles. The highest BCUT2D eigenvalue weighted by molar-refractivity contribution is 5.49. The number of hydrogen-bond donors (Lipinski definition) is 2. The standard InChI is InChI=1S/C14H25N5O/c1-3-12-16-13(15-4-2)11-14(17-12)19-7-5-18(6-8-19)9-10-20/h11,20H,3-10H2,1-2H3,(H,15,16,17). The molecule has 0 atom stereocenters. The first-order chi connectivity index (χ1) is 9.76. The van der Waals surface area contributed by atoms with Gasteiger partial charge in [0.15, 0.2) is 0 Å². The minimum Gasteiger partial charge on any atom is -0.395 e. The van der Waals surface area contributed by atoms with Crippen molar-refractivity contribution in [2.24, 2.45) is 0 Å². The summed E-state index contributed by atoms with van der Waals surface area (Å²) in [5.41, 5.74) is 0. The van der Waals surface area contributed by atoms with E-state index in [1.165, 1.54) is 0 Å². The maximum absolute atomic E-state index is 8.98. The largest absolute Gasteiger partial charge is 0.395 e. The van der Waals surface area contributed by atoms with Crippen LogP contribution in [-0.2, 0) is 6.42 Å². The fourth-order valence-corrected chi connectivity index (χ4v) is 2.42. The Labute approximate surface area is 120 Å². The minimum absolute atomic E-state index is 0.234. The number of anilines is 2. The summed E-state index contributed by atoms with van der Waals surface area (Å²) in [5, 5.41) is 12.3. The number of nitrogens with zero attached hydrogens (tertiary/aromatic N) is 4. The Morgan fingerprint density at radius 3 is 2.55 bits per heavy atom. The van der Waals surface area contributed by atoms with E-state index in [4.69, 9.17) is 5.11 Å². The molecule has 1 aromatic heterocycles. The number of β-amino-alcohol motifs (C(OH)–C–C–N with tert-alkyl or cyclic N) is 1. The quantitative estimate of drug-likeness (QED) is 0.794. The van der Waals surface area contributed by atoms with Gasteiger partial charge in [-0.3, -0.25) is 4.90 Å². The molecule has 20 heavy (non-hydrogen) atoms. The second-order valence-electron chi connectivity index (χ2n) is 4.96. The van der Waals surface area contributed by atoms with Crippen molar-refractivity contribution < 1.29 is 5.11 Å². The van der Waals surface area contributed by atoms with Crippen LogP contribution in [0.4, 0.5) is 11.6 Å². The molecule has 1 aromatic rings. The van der Waals surface area contributed by atoms with E-state index in [0.29, 0.717) is 0 Å². The summed E-state index contributed by atoms with van der Waals surface area (Å²) < 4.78 is 0. The lowest BCUT2D eigenvalue weighted by Crippen LogP contribution is -2.47. The molecule has 6 nitrogen and oxygen atoms in total. The average molecular weight is 279 g/mol. The smallest absolute Gasteiger partial charge is 0.134 e. The number of aliphatic hydroxyl groups is 1. The molecule has 0 spiro atoms. The maximum atomic E-state index is 8.98. The van der Waals surface area contributed by atoms with Crippen LogP contribution in [-0.4, -0.2) is 65.8 Å². The van der Waals surface area contributed by atoms with E-state index >= 15 is 0 Å². The number of hydrogen-bond acceptors (Lipinski definition) is 6. The van der Waals surface area contributed by atoms with Crippen molar-refractivity contribution in [2.75, 3.05) is 56.1 Å². The van der Waals surface area contributed by atoms with Crippen molar-refractivity contribution >= 4 is 11.6 Å². The van der Waals surface area contributed by atoms with Crippen LogP contribution < -0.4 is 10.2 Å². The molecule has 1 saturated heterocycles. The number of aromatic nitrogens is 2. The average Bonchev–Trinajstić information content (AvgIpc) is 2.48. The molecule has 0 aromatic carbocycles. The van der Waals surface area contributed by atoms with Crippen molar-refractivity contribution in [3.63, 3.8) is 0 Å². The Balaban J connectivity index is 2.06. The van der Waals surface area contributed by atoms with Gasteiger partial charge >= 0.3 is 0 Å². The van der Waals surface area contributed by atoms with Gasteiger partial charge in [-0.2, -0.15) is 0 Å². The summed E-state index contributed by atoms with van der Waals surface area (Å²) in [6.45, 7) is 9.86. The second-order valence-corrected chi connectivity index (χ2v) is 4.96. The van der Waals surface area contributed by atoms with Crippen LogP contribution in [0.5, 0.6) is 0 Å². The van der Waals surface area contributed by atoms with Gasteiger partial charge in [-0.25, -0.2) is 9.97 Å². The van der Waals surface area contributed by atoms with Gasteiger partial charge in [0.2, 0.25) is 0 Å². The van der Waals surface area contributed by atoms with E-state index in [9.17, 15) is 0 Å². The highest BCUT2D eigenvalue weighted by Crippen LogP contribution is 2.18. The molecule has 2 rings (SSSR count). The fourth-order valence-electron chi connectivity index (χ4n) is 2.42.